The van der Waals surface area contributed by atoms with Crippen LogP contribution in [-0.2, 0) is 6.54 Å². The molecule has 1 aromatic heterocycles. The summed E-state index contributed by atoms with van der Waals surface area (Å²) in [5.41, 5.74) is 0.666. The molecule has 0 aliphatic heterocycles. The van der Waals surface area contributed by atoms with Crippen molar-refractivity contribution in [2.24, 2.45) is 0 Å². The molecule has 3 nitrogen and oxygen atoms in total. The number of benzene rings is 1. The molecule has 0 fully saturated rings. The van der Waals surface area contributed by atoms with Gasteiger partial charge in [0, 0.05) is 24.7 Å². The van der Waals surface area contributed by atoms with Gasteiger partial charge < -0.3 is 4.57 Å². The van der Waals surface area contributed by atoms with Crippen molar-refractivity contribution in [1.29, 1.82) is 0 Å². The van der Waals surface area contributed by atoms with Crippen LogP contribution in [0.2, 0.25) is 0 Å². The fourth-order valence-corrected chi connectivity index (χ4v) is 2.24. The van der Waals surface area contributed by atoms with E-state index >= 15 is 0 Å². The lowest BCUT2D eigenvalue weighted by Crippen LogP contribution is -2.20. The molecular formula is C15H14BrNO2. The zero-order valence-electron chi connectivity index (χ0n) is 10.4. The molecule has 2 aromatic rings. The SMILES string of the molecule is O=C(CCCn1cccc(Br)c1=O)c1ccccc1. The minimum Gasteiger partial charge on any atom is -0.315 e. The third-order valence-electron chi connectivity index (χ3n) is 2.87. The maximum Gasteiger partial charge on any atom is 0.264 e. The van der Waals surface area contributed by atoms with E-state index in [2.05, 4.69) is 15.9 Å². The van der Waals surface area contributed by atoms with Gasteiger partial charge in [0.2, 0.25) is 0 Å². The van der Waals surface area contributed by atoms with Gasteiger partial charge in [-0.15, -0.1) is 0 Å². The third kappa shape index (κ3) is 3.64. The van der Waals surface area contributed by atoms with Crippen LogP contribution in [0.15, 0.2) is 57.9 Å². The van der Waals surface area contributed by atoms with Gasteiger partial charge in [-0.05, 0) is 34.5 Å². The van der Waals surface area contributed by atoms with Crippen molar-refractivity contribution >= 4 is 21.7 Å². The molecule has 0 aliphatic rings. The van der Waals surface area contributed by atoms with E-state index < -0.39 is 0 Å². The van der Waals surface area contributed by atoms with E-state index in [-0.39, 0.29) is 11.3 Å². The second-order valence-electron chi connectivity index (χ2n) is 4.25. The summed E-state index contributed by atoms with van der Waals surface area (Å²) in [6.45, 7) is 0.552. The Kier molecular flexibility index (Phi) is 4.68. The molecule has 1 heterocycles. The van der Waals surface area contributed by atoms with Gasteiger partial charge in [-0.1, -0.05) is 30.3 Å². The van der Waals surface area contributed by atoms with Gasteiger partial charge in [0.05, 0.1) is 4.47 Å². The summed E-state index contributed by atoms with van der Waals surface area (Å²) in [6, 6.07) is 12.7. The highest BCUT2D eigenvalue weighted by Gasteiger charge is 2.05. The summed E-state index contributed by atoms with van der Waals surface area (Å²) in [4.78, 5) is 23.6. The fourth-order valence-electron chi connectivity index (χ4n) is 1.86. The maximum absolute atomic E-state index is 11.9. The molecule has 0 saturated carbocycles. The molecule has 0 saturated heterocycles. The Bertz CT molecular complexity index is 620. The van der Waals surface area contributed by atoms with Crippen LogP contribution in [0.4, 0.5) is 0 Å². The van der Waals surface area contributed by atoms with Crippen molar-refractivity contribution in [3.05, 3.63) is 69.1 Å². The molecule has 2 rings (SSSR count). The monoisotopic (exact) mass is 319 g/mol. The smallest absolute Gasteiger partial charge is 0.264 e. The first kappa shape index (κ1) is 13.7. The molecule has 19 heavy (non-hydrogen) atoms. The van der Waals surface area contributed by atoms with Crippen LogP contribution in [0, 0.1) is 0 Å². The predicted octanol–water partition coefficient (Wildman–Crippen LogP) is 3.27. The molecule has 0 spiro atoms. The Morgan fingerprint density at radius 1 is 1.11 bits per heavy atom. The molecule has 0 N–H and O–H groups in total. The molecule has 0 unspecified atom stereocenters. The first-order valence-electron chi connectivity index (χ1n) is 6.11. The highest BCUT2D eigenvalue weighted by Crippen LogP contribution is 2.06. The normalized spacial score (nSPS) is 10.4. The van der Waals surface area contributed by atoms with Gasteiger partial charge in [-0.2, -0.15) is 0 Å². The maximum atomic E-state index is 11.9. The quantitative estimate of drug-likeness (QED) is 0.793. The third-order valence-corrected chi connectivity index (χ3v) is 3.48. The van der Waals surface area contributed by atoms with Crippen LogP contribution in [-0.4, -0.2) is 10.4 Å². The predicted molar refractivity (Wildman–Crippen MR) is 78.4 cm³/mol. The van der Waals surface area contributed by atoms with Crippen molar-refractivity contribution in [2.45, 2.75) is 19.4 Å². The number of carbonyl (C=O) groups is 1. The molecule has 4 heteroatoms. The Labute approximate surface area is 120 Å². The molecule has 0 amide bonds. The Hall–Kier alpha value is -1.68. The van der Waals surface area contributed by atoms with Gasteiger partial charge in [-0.25, -0.2) is 0 Å². The number of aryl methyl sites for hydroxylation is 1. The molecule has 0 aliphatic carbocycles. The Morgan fingerprint density at radius 2 is 1.84 bits per heavy atom. The van der Waals surface area contributed by atoms with Gasteiger partial charge in [-0.3, -0.25) is 9.59 Å². The van der Waals surface area contributed by atoms with E-state index in [1.807, 2.05) is 36.4 Å². The lowest BCUT2D eigenvalue weighted by molar-refractivity contribution is 0.0978. The number of hydrogen-bond donors (Lipinski definition) is 0. The van der Waals surface area contributed by atoms with E-state index in [0.717, 1.165) is 5.56 Å². The van der Waals surface area contributed by atoms with E-state index in [0.29, 0.717) is 23.9 Å². The largest absolute Gasteiger partial charge is 0.315 e. The van der Waals surface area contributed by atoms with Crippen LogP contribution >= 0.6 is 15.9 Å². The minimum absolute atomic E-state index is 0.0605. The van der Waals surface area contributed by atoms with E-state index in [1.54, 1.807) is 16.8 Å². The molecule has 0 atom stereocenters. The van der Waals surface area contributed by atoms with Crippen LogP contribution in [0.25, 0.3) is 0 Å². The standard InChI is InChI=1S/C15H14BrNO2/c16-13-8-4-10-17(15(13)19)11-5-9-14(18)12-6-2-1-3-7-12/h1-4,6-8,10H,5,9,11H2. The summed E-state index contributed by atoms with van der Waals surface area (Å²) in [6.07, 6.45) is 2.84. The summed E-state index contributed by atoms with van der Waals surface area (Å²) in [7, 11) is 0. The van der Waals surface area contributed by atoms with Crippen molar-refractivity contribution < 1.29 is 4.79 Å². The van der Waals surface area contributed by atoms with Crippen molar-refractivity contribution in [1.82, 2.24) is 4.57 Å². The van der Waals surface area contributed by atoms with E-state index in [9.17, 15) is 9.59 Å². The number of pyridine rings is 1. The van der Waals surface area contributed by atoms with Crippen molar-refractivity contribution in [3.8, 4) is 0 Å². The summed E-state index contributed by atoms with van der Waals surface area (Å²) in [5.74, 6) is 0.114. The van der Waals surface area contributed by atoms with Gasteiger partial charge in [0.1, 0.15) is 0 Å². The summed E-state index contributed by atoms with van der Waals surface area (Å²) in [5, 5.41) is 0. The average Bonchev–Trinajstić information content (AvgIpc) is 2.44. The lowest BCUT2D eigenvalue weighted by atomic mass is 10.1. The zero-order valence-corrected chi connectivity index (χ0v) is 12.0. The highest BCUT2D eigenvalue weighted by atomic mass is 79.9. The Morgan fingerprint density at radius 3 is 2.58 bits per heavy atom. The number of Topliss-reactive ketones (excluding diaryl/α,β-unsaturated/α-hetero) is 1. The lowest BCUT2D eigenvalue weighted by Gasteiger charge is -2.05. The van der Waals surface area contributed by atoms with E-state index in [1.165, 1.54) is 0 Å². The number of rotatable bonds is 5. The van der Waals surface area contributed by atoms with Crippen LogP contribution in [0.5, 0.6) is 0 Å². The number of hydrogen-bond acceptors (Lipinski definition) is 2. The first-order chi connectivity index (χ1) is 9.18. The molecule has 0 bridgehead atoms. The van der Waals surface area contributed by atoms with Gasteiger partial charge in [0.15, 0.2) is 5.78 Å². The van der Waals surface area contributed by atoms with Crippen LogP contribution < -0.4 is 5.56 Å². The summed E-state index contributed by atoms with van der Waals surface area (Å²) >= 11 is 3.20. The van der Waals surface area contributed by atoms with Crippen LogP contribution in [0.3, 0.4) is 0 Å². The molecule has 1 aromatic carbocycles. The van der Waals surface area contributed by atoms with E-state index in [4.69, 9.17) is 0 Å². The number of halogens is 1. The number of nitrogens with zero attached hydrogens (tertiary/aromatic N) is 1. The fraction of sp³-hybridized carbons (Fsp3) is 0.200. The number of carbonyl (C=O) groups excluding carboxylic acids is 1. The first-order valence-corrected chi connectivity index (χ1v) is 6.91. The second kappa shape index (κ2) is 6.48. The number of aromatic nitrogens is 1. The molecular weight excluding hydrogens is 306 g/mol. The average molecular weight is 320 g/mol. The Balaban J connectivity index is 1.92. The number of ketones is 1. The molecule has 98 valence electrons. The van der Waals surface area contributed by atoms with Crippen LogP contribution in [0.1, 0.15) is 23.2 Å². The summed E-state index contributed by atoms with van der Waals surface area (Å²) < 4.78 is 2.16. The van der Waals surface area contributed by atoms with Crippen molar-refractivity contribution in [2.75, 3.05) is 0 Å². The van der Waals surface area contributed by atoms with Gasteiger partial charge in [0.25, 0.3) is 5.56 Å². The van der Waals surface area contributed by atoms with Gasteiger partial charge >= 0.3 is 0 Å². The molecule has 0 radical (unpaired) electrons. The minimum atomic E-state index is -0.0605. The van der Waals surface area contributed by atoms with Crippen molar-refractivity contribution in [3.63, 3.8) is 0 Å². The second-order valence-corrected chi connectivity index (χ2v) is 5.10. The topological polar surface area (TPSA) is 39.1 Å². The highest BCUT2D eigenvalue weighted by molar-refractivity contribution is 9.10. The zero-order chi connectivity index (χ0) is 13.7.